The van der Waals surface area contributed by atoms with Crippen molar-refractivity contribution in [1.82, 2.24) is 4.31 Å². The van der Waals surface area contributed by atoms with E-state index in [-0.39, 0.29) is 10.6 Å². The molecule has 1 aliphatic heterocycles. The molecule has 0 saturated carbocycles. The minimum atomic E-state index is -3.81. The lowest BCUT2D eigenvalue weighted by Crippen LogP contribution is -2.40. The Labute approximate surface area is 160 Å². The maximum Gasteiger partial charge on any atom is 0.269 e. The summed E-state index contributed by atoms with van der Waals surface area (Å²) >= 11 is 1.64. The van der Waals surface area contributed by atoms with Crippen molar-refractivity contribution in [3.8, 4) is 0 Å². The van der Waals surface area contributed by atoms with Gasteiger partial charge in [-0.1, -0.05) is 30.3 Å². The first-order chi connectivity index (χ1) is 13.0. The average molecular weight is 400 g/mol. The standard InChI is InChI=1S/C19H16N2O4S2/c22-21(23)15-6-8-16(9-7-15)27(24,25)20-12-10-18-17(11-13-26-18)19(20)14-4-2-1-3-5-14/h1-9,11,13,19H,10,12H2/t19-/m1/s1. The first-order valence-corrected chi connectivity index (χ1v) is 10.7. The Balaban J connectivity index is 1.80. The number of sulfonamides is 1. The highest BCUT2D eigenvalue weighted by Gasteiger charge is 2.38. The number of benzene rings is 2. The lowest BCUT2D eigenvalue weighted by atomic mass is 9.95. The first kappa shape index (κ1) is 17.8. The molecule has 27 heavy (non-hydrogen) atoms. The minimum absolute atomic E-state index is 0.0627. The van der Waals surface area contributed by atoms with Gasteiger partial charge in [0.1, 0.15) is 0 Å². The van der Waals surface area contributed by atoms with E-state index in [1.165, 1.54) is 33.4 Å². The molecular weight excluding hydrogens is 384 g/mol. The maximum absolute atomic E-state index is 13.3. The second kappa shape index (κ2) is 6.88. The molecule has 6 nitrogen and oxygen atoms in total. The summed E-state index contributed by atoms with van der Waals surface area (Å²) < 4.78 is 28.2. The largest absolute Gasteiger partial charge is 0.269 e. The number of non-ortho nitro benzene ring substituents is 1. The molecule has 1 atom stereocenters. The van der Waals surface area contributed by atoms with Gasteiger partial charge in [-0.05, 0) is 41.1 Å². The molecule has 4 rings (SSSR count). The fourth-order valence-corrected chi connectivity index (χ4v) is 5.91. The van der Waals surface area contributed by atoms with Crippen molar-refractivity contribution in [2.24, 2.45) is 0 Å². The number of thiophene rings is 1. The van der Waals surface area contributed by atoms with Crippen LogP contribution in [0.5, 0.6) is 0 Å². The molecule has 0 N–H and O–H groups in total. The van der Waals surface area contributed by atoms with E-state index < -0.39 is 21.0 Å². The molecule has 0 amide bonds. The van der Waals surface area contributed by atoms with E-state index in [4.69, 9.17) is 0 Å². The van der Waals surface area contributed by atoms with Crippen LogP contribution in [0.2, 0.25) is 0 Å². The van der Waals surface area contributed by atoms with E-state index in [0.29, 0.717) is 13.0 Å². The molecule has 2 aromatic carbocycles. The Kier molecular flexibility index (Phi) is 4.55. The summed E-state index contributed by atoms with van der Waals surface area (Å²) in [6, 6.07) is 16.2. The number of fused-ring (bicyclic) bond motifs is 1. The van der Waals surface area contributed by atoms with Gasteiger partial charge >= 0.3 is 0 Å². The molecule has 8 heteroatoms. The molecule has 0 aliphatic carbocycles. The molecule has 0 bridgehead atoms. The summed E-state index contributed by atoms with van der Waals surface area (Å²) in [5, 5.41) is 12.8. The van der Waals surface area contributed by atoms with Gasteiger partial charge in [-0.25, -0.2) is 8.42 Å². The van der Waals surface area contributed by atoms with Crippen LogP contribution in [0.4, 0.5) is 5.69 Å². The second-order valence-electron chi connectivity index (χ2n) is 6.23. The summed E-state index contributed by atoms with van der Waals surface area (Å²) in [6.07, 6.45) is 0.655. The zero-order chi connectivity index (χ0) is 19.0. The average Bonchev–Trinajstić information content (AvgIpc) is 3.16. The molecular formula is C19H16N2O4S2. The number of hydrogen-bond acceptors (Lipinski definition) is 5. The smallest absolute Gasteiger partial charge is 0.258 e. The molecule has 0 radical (unpaired) electrons. The van der Waals surface area contributed by atoms with Crippen LogP contribution in [0.1, 0.15) is 22.0 Å². The molecule has 0 saturated heterocycles. The number of rotatable bonds is 4. The number of nitro groups is 1. The van der Waals surface area contributed by atoms with Crippen molar-refractivity contribution in [3.05, 3.63) is 92.2 Å². The topological polar surface area (TPSA) is 80.5 Å². The van der Waals surface area contributed by atoms with E-state index in [9.17, 15) is 18.5 Å². The van der Waals surface area contributed by atoms with Crippen LogP contribution in [0.15, 0.2) is 70.9 Å². The van der Waals surface area contributed by atoms with Gasteiger partial charge in [-0.2, -0.15) is 4.31 Å². The van der Waals surface area contributed by atoms with Crippen molar-refractivity contribution < 1.29 is 13.3 Å². The van der Waals surface area contributed by atoms with Gasteiger partial charge in [0.15, 0.2) is 0 Å². The molecule has 1 aliphatic rings. The SMILES string of the molecule is O=[N+]([O-])c1ccc(S(=O)(=O)N2CCc3sccc3[C@H]2c2ccccc2)cc1. The lowest BCUT2D eigenvalue weighted by molar-refractivity contribution is -0.384. The second-order valence-corrected chi connectivity index (χ2v) is 9.12. The van der Waals surface area contributed by atoms with Crippen LogP contribution in [-0.4, -0.2) is 24.2 Å². The summed E-state index contributed by atoms with van der Waals surface area (Å²) in [5.74, 6) is 0. The lowest BCUT2D eigenvalue weighted by Gasteiger charge is -2.35. The Morgan fingerprint density at radius 3 is 2.41 bits per heavy atom. The Bertz CT molecular complexity index is 1080. The Hall–Kier alpha value is -2.55. The highest BCUT2D eigenvalue weighted by Crippen LogP contribution is 2.40. The first-order valence-electron chi connectivity index (χ1n) is 8.36. The van der Waals surface area contributed by atoms with E-state index in [1.54, 1.807) is 11.3 Å². The van der Waals surface area contributed by atoms with Gasteiger partial charge in [0.25, 0.3) is 5.69 Å². The van der Waals surface area contributed by atoms with Crippen molar-refractivity contribution >= 4 is 27.0 Å². The fourth-order valence-electron chi connectivity index (χ4n) is 3.41. The molecule has 3 aromatic rings. The highest BCUT2D eigenvalue weighted by molar-refractivity contribution is 7.89. The third kappa shape index (κ3) is 3.16. The van der Waals surface area contributed by atoms with Gasteiger partial charge in [0, 0.05) is 23.6 Å². The number of nitro benzene ring substituents is 1. The number of hydrogen-bond donors (Lipinski definition) is 0. The van der Waals surface area contributed by atoms with Crippen LogP contribution in [0.3, 0.4) is 0 Å². The van der Waals surface area contributed by atoms with Crippen LogP contribution >= 0.6 is 11.3 Å². The third-order valence-corrected chi connectivity index (χ3v) is 7.57. The molecule has 0 fully saturated rings. The zero-order valence-electron chi connectivity index (χ0n) is 14.2. The van der Waals surface area contributed by atoms with Gasteiger partial charge in [-0.3, -0.25) is 10.1 Å². The quantitative estimate of drug-likeness (QED) is 0.490. The van der Waals surface area contributed by atoms with Gasteiger partial charge < -0.3 is 0 Å². The normalized spacial score (nSPS) is 17.4. The van der Waals surface area contributed by atoms with Gasteiger partial charge in [0.2, 0.25) is 10.0 Å². The molecule has 0 spiro atoms. The van der Waals surface area contributed by atoms with E-state index in [0.717, 1.165) is 11.1 Å². The fraction of sp³-hybridized carbons (Fsp3) is 0.158. The monoisotopic (exact) mass is 400 g/mol. The van der Waals surface area contributed by atoms with Crippen LogP contribution in [-0.2, 0) is 16.4 Å². The van der Waals surface area contributed by atoms with Crippen molar-refractivity contribution in [3.63, 3.8) is 0 Å². The molecule has 1 aromatic heterocycles. The summed E-state index contributed by atoms with van der Waals surface area (Å²) in [6.45, 7) is 0.367. The third-order valence-electron chi connectivity index (χ3n) is 4.69. The van der Waals surface area contributed by atoms with E-state index in [2.05, 4.69) is 0 Å². The predicted molar refractivity (Wildman–Crippen MR) is 103 cm³/mol. The molecule has 2 heterocycles. The zero-order valence-corrected chi connectivity index (χ0v) is 15.8. The van der Waals surface area contributed by atoms with Crippen molar-refractivity contribution in [2.75, 3.05) is 6.54 Å². The van der Waals surface area contributed by atoms with Crippen LogP contribution < -0.4 is 0 Å². The van der Waals surface area contributed by atoms with E-state index >= 15 is 0 Å². The van der Waals surface area contributed by atoms with Crippen molar-refractivity contribution in [1.29, 1.82) is 0 Å². The van der Waals surface area contributed by atoms with Gasteiger partial charge in [0.05, 0.1) is 15.9 Å². The minimum Gasteiger partial charge on any atom is -0.258 e. The Morgan fingerprint density at radius 1 is 1.04 bits per heavy atom. The Morgan fingerprint density at radius 2 is 1.74 bits per heavy atom. The van der Waals surface area contributed by atoms with Crippen LogP contribution in [0, 0.1) is 10.1 Å². The van der Waals surface area contributed by atoms with Gasteiger partial charge in [-0.15, -0.1) is 11.3 Å². The molecule has 0 unspecified atom stereocenters. The number of nitrogens with zero attached hydrogens (tertiary/aromatic N) is 2. The summed E-state index contributed by atoms with van der Waals surface area (Å²) in [7, 11) is -3.81. The summed E-state index contributed by atoms with van der Waals surface area (Å²) in [4.78, 5) is 11.6. The van der Waals surface area contributed by atoms with E-state index in [1.807, 2.05) is 41.8 Å². The maximum atomic E-state index is 13.3. The highest BCUT2D eigenvalue weighted by atomic mass is 32.2. The van der Waals surface area contributed by atoms with Crippen LogP contribution in [0.25, 0.3) is 0 Å². The predicted octanol–water partition coefficient (Wildman–Crippen LogP) is 3.99. The molecule has 138 valence electrons. The summed E-state index contributed by atoms with van der Waals surface area (Å²) in [5.41, 5.74) is 1.78. The van der Waals surface area contributed by atoms with Crippen molar-refractivity contribution in [2.45, 2.75) is 17.4 Å².